The molecule has 2 rings (SSSR count). The van der Waals surface area contributed by atoms with Gasteiger partial charge in [-0.15, -0.1) is 0 Å². The topological polar surface area (TPSA) is 89.3 Å². The van der Waals surface area contributed by atoms with Gasteiger partial charge in [-0.1, -0.05) is 18.2 Å². The highest BCUT2D eigenvalue weighted by molar-refractivity contribution is 5.97. The summed E-state index contributed by atoms with van der Waals surface area (Å²) in [5.74, 6) is -0.996. The van der Waals surface area contributed by atoms with Crippen molar-refractivity contribution >= 4 is 17.6 Å². The molecule has 2 amide bonds. The first-order valence-electron chi connectivity index (χ1n) is 6.75. The molecule has 5 heteroatoms. The van der Waals surface area contributed by atoms with Crippen molar-refractivity contribution in [1.29, 1.82) is 0 Å². The van der Waals surface area contributed by atoms with Gasteiger partial charge in [-0.3, -0.25) is 14.4 Å². The van der Waals surface area contributed by atoms with Gasteiger partial charge in [-0.05, 0) is 30.9 Å². The van der Waals surface area contributed by atoms with Crippen LogP contribution in [0.1, 0.15) is 36.0 Å². The number of carbonyl (C=O) groups is 3. The molecule has 1 aromatic rings. The second kappa shape index (κ2) is 6.32. The summed E-state index contributed by atoms with van der Waals surface area (Å²) in [5, 5.41) is 2.66. The number of rotatable bonds is 4. The minimum atomic E-state index is -0.785. The Kier molecular flexibility index (Phi) is 4.50. The summed E-state index contributed by atoms with van der Waals surface area (Å²) >= 11 is 0. The van der Waals surface area contributed by atoms with Crippen molar-refractivity contribution in [1.82, 2.24) is 5.32 Å². The Hall–Kier alpha value is -2.17. The van der Waals surface area contributed by atoms with Gasteiger partial charge in [0.1, 0.15) is 11.8 Å². The van der Waals surface area contributed by atoms with E-state index in [9.17, 15) is 14.4 Å². The van der Waals surface area contributed by atoms with Crippen molar-refractivity contribution in [2.75, 3.05) is 0 Å². The molecule has 1 aromatic carbocycles. The van der Waals surface area contributed by atoms with Gasteiger partial charge in [0.05, 0.1) is 0 Å². The number of Topliss-reactive ketones (excluding diaryl/α,β-unsaturated/α-hetero) is 1. The van der Waals surface area contributed by atoms with E-state index in [-0.39, 0.29) is 17.6 Å². The molecular weight excluding hydrogens is 256 g/mol. The largest absolute Gasteiger partial charge is 0.368 e. The normalized spacial score (nSPS) is 20.2. The Bertz CT molecular complexity index is 513. The summed E-state index contributed by atoms with van der Waals surface area (Å²) in [4.78, 5) is 35.1. The molecule has 0 spiro atoms. The van der Waals surface area contributed by atoms with Crippen LogP contribution in [0, 0.1) is 5.92 Å². The fourth-order valence-electron chi connectivity index (χ4n) is 2.58. The van der Waals surface area contributed by atoms with Crippen molar-refractivity contribution in [2.45, 2.75) is 31.7 Å². The minimum Gasteiger partial charge on any atom is -0.368 e. The second-order valence-corrected chi connectivity index (χ2v) is 5.11. The zero-order chi connectivity index (χ0) is 14.5. The van der Waals surface area contributed by atoms with E-state index in [1.165, 1.54) is 0 Å². The molecule has 1 aliphatic carbocycles. The molecule has 0 heterocycles. The number of hydrogen-bond donors (Lipinski definition) is 2. The summed E-state index contributed by atoms with van der Waals surface area (Å²) in [5.41, 5.74) is 5.85. The van der Waals surface area contributed by atoms with Gasteiger partial charge in [0, 0.05) is 18.4 Å². The smallest absolute Gasteiger partial charge is 0.251 e. The fourth-order valence-corrected chi connectivity index (χ4v) is 2.58. The van der Waals surface area contributed by atoms with Gasteiger partial charge >= 0.3 is 0 Å². The highest BCUT2D eigenvalue weighted by atomic mass is 16.2. The fraction of sp³-hybridized carbons (Fsp3) is 0.400. The number of benzene rings is 1. The predicted octanol–water partition coefficient (Wildman–Crippen LogP) is 1.03. The lowest BCUT2D eigenvalue weighted by molar-refractivity contribution is -0.124. The molecule has 20 heavy (non-hydrogen) atoms. The third-order valence-electron chi connectivity index (χ3n) is 3.62. The summed E-state index contributed by atoms with van der Waals surface area (Å²) in [6.45, 7) is 0. The molecule has 2 atom stereocenters. The molecule has 0 aliphatic heterocycles. The van der Waals surface area contributed by atoms with Gasteiger partial charge in [-0.2, -0.15) is 0 Å². The van der Waals surface area contributed by atoms with Crippen LogP contribution in [0.5, 0.6) is 0 Å². The van der Waals surface area contributed by atoms with Crippen LogP contribution in [-0.2, 0) is 9.59 Å². The summed E-state index contributed by atoms with van der Waals surface area (Å²) in [6.07, 6.45) is 2.33. The van der Waals surface area contributed by atoms with Crippen LogP contribution < -0.4 is 11.1 Å². The molecule has 0 bridgehead atoms. The second-order valence-electron chi connectivity index (χ2n) is 5.11. The van der Waals surface area contributed by atoms with E-state index in [4.69, 9.17) is 5.73 Å². The first-order valence-corrected chi connectivity index (χ1v) is 6.75. The van der Waals surface area contributed by atoms with Crippen LogP contribution in [0.2, 0.25) is 0 Å². The van der Waals surface area contributed by atoms with Gasteiger partial charge in [0.25, 0.3) is 5.91 Å². The van der Waals surface area contributed by atoms with Gasteiger partial charge in [0.15, 0.2) is 0 Å². The van der Waals surface area contributed by atoms with Crippen molar-refractivity contribution in [3.8, 4) is 0 Å². The van der Waals surface area contributed by atoms with Crippen LogP contribution in [0.4, 0.5) is 0 Å². The maximum atomic E-state index is 12.1. The first-order chi connectivity index (χ1) is 9.58. The van der Waals surface area contributed by atoms with E-state index in [1.807, 2.05) is 6.07 Å². The molecule has 3 N–H and O–H groups in total. The summed E-state index contributed by atoms with van der Waals surface area (Å²) < 4.78 is 0. The lowest BCUT2D eigenvalue weighted by Crippen LogP contribution is -2.50. The SMILES string of the molecule is NC(=O)[C@H](NC(=O)c1ccccc1)[C@@H]1CCCC(=O)C1. The third-order valence-corrected chi connectivity index (χ3v) is 3.62. The average Bonchev–Trinajstić information content (AvgIpc) is 2.45. The van der Waals surface area contributed by atoms with Crippen LogP contribution in [-0.4, -0.2) is 23.6 Å². The highest BCUT2D eigenvalue weighted by Crippen LogP contribution is 2.24. The van der Waals surface area contributed by atoms with Crippen molar-refractivity contribution in [3.63, 3.8) is 0 Å². The van der Waals surface area contributed by atoms with Crippen molar-refractivity contribution in [3.05, 3.63) is 35.9 Å². The minimum absolute atomic E-state index is 0.126. The molecule has 1 aliphatic rings. The molecule has 0 unspecified atom stereocenters. The highest BCUT2D eigenvalue weighted by Gasteiger charge is 2.32. The zero-order valence-electron chi connectivity index (χ0n) is 11.2. The Morgan fingerprint density at radius 2 is 1.95 bits per heavy atom. The Morgan fingerprint density at radius 3 is 2.55 bits per heavy atom. The number of nitrogens with one attached hydrogen (secondary N) is 1. The number of amides is 2. The van der Waals surface area contributed by atoms with Crippen molar-refractivity contribution < 1.29 is 14.4 Å². The predicted molar refractivity (Wildman–Crippen MR) is 73.9 cm³/mol. The average molecular weight is 274 g/mol. The van der Waals surface area contributed by atoms with E-state index >= 15 is 0 Å². The van der Waals surface area contributed by atoms with E-state index in [0.717, 1.165) is 12.8 Å². The molecule has 5 nitrogen and oxygen atoms in total. The zero-order valence-corrected chi connectivity index (χ0v) is 11.2. The number of carbonyl (C=O) groups excluding carboxylic acids is 3. The van der Waals surface area contributed by atoms with Gasteiger partial charge in [-0.25, -0.2) is 0 Å². The number of nitrogens with two attached hydrogens (primary N) is 1. The first kappa shape index (κ1) is 14.2. The molecule has 1 fully saturated rings. The van der Waals surface area contributed by atoms with Gasteiger partial charge < -0.3 is 11.1 Å². The van der Waals surface area contributed by atoms with Crippen LogP contribution in [0.25, 0.3) is 0 Å². The van der Waals surface area contributed by atoms with E-state index in [2.05, 4.69) is 5.32 Å². The third kappa shape index (κ3) is 3.44. The molecule has 0 saturated heterocycles. The summed E-state index contributed by atoms with van der Waals surface area (Å²) in [7, 11) is 0. The van der Waals surface area contributed by atoms with E-state index < -0.39 is 11.9 Å². The lowest BCUT2D eigenvalue weighted by Gasteiger charge is -2.28. The van der Waals surface area contributed by atoms with Crippen LogP contribution in [0.15, 0.2) is 30.3 Å². The molecule has 0 aromatic heterocycles. The molecule has 0 radical (unpaired) electrons. The van der Waals surface area contributed by atoms with E-state index in [0.29, 0.717) is 18.4 Å². The number of primary amides is 1. The van der Waals surface area contributed by atoms with Crippen LogP contribution >= 0.6 is 0 Å². The Balaban J connectivity index is 2.08. The molecule has 1 saturated carbocycles. The summed E-state index contributed by atoms with van der Waals surface area (Å²) in [6, 6.07) is 7.85. The monoisotopic (exact) mass is 274 g/mol. The van der Waals surface area contributed by atoms with Crippen LogP contribution in [0.3, 0.4) is 0 Å². The van der Waals surface area contributed by atoms with Gasteiger partial charge in [0.2, 0.25) is 5.91 Å². The quantitative estimate of drug-likeness (QED) is 0.859. The maximum absolute atomic E-state index is 12.1. The lowest BCUT2D eigenvalue weighted by atomic mass is 9.82. The Morgan fingerprint density at radius 1 is 1.25 bits per heavy atom. The molecular formula is C15H18N2O3. The Labute approximate surface area is 117 Å². The molecule has 106 valence electrons. The number of hydrogen-bond acceptors (Lipinski definition) is 3. The van der Waals surface area contributed by atoms with Crippen molar-refractivity contribution in [2.24, 2.45) is 11.7 Å². The standard InChI is InChI=1S/C15H18N2O3/c16-14(19)13(11-7-4-8-12(18)9-11)17-15(20)10-5-2-1-3-6-10/h1-3,5-6,11,13H,4,7-9H2,(H2,16,19)(H,17,20)/t11-,13-/m1/s1. The number of ketones is 1. The maximum Gasteiger partial charge on any atom is 0.251 e. The van der Waals surface area contributed by atoms with E-state index in [1.54, 1.807) is 24.3 Å².